The normalized spacial score (nSPS) is 20.5. The Labute approximate surface area is 181 Å². The molecule has 3 aliphatic rings. The molecule has 1 amide bonds. The average molecular weight is 419 g/mol. The van der Waals surface area contributed by atoms with Gasteiger partial charge in [0, 0.05) is 51.6 Å². The summed E-state index contributed by atoms with van der Waals surface area (Å²) in [5.41, 5.74) is 3.72. The van der Waals surface area contributed by atoms with E-state index < -0.39 is 0 Å². The molecular weight excluding hydrogens is 384 g/mol. The Balaban J connectivity index is 0.00000240. The van der Waals surface area contributed by atoms with Crippen LogP contribution >= 0.6 is 12.4 Å². The lowest BCUT2D eigenvalue weighted by Crippen LogP contribution is -2.37. The maximum absolute atomic E-state index is 12.8. The molecule has 1 saturated heterocycles. The summed E-state index contributed by atoms with van der Waals surface area (Å²) in [5, 5.41) is 0. The molecule has 2 heterocycles. The smallest absolute Gasteiger partial charge is 0.219 e. The number of benzene rings is 1. The summed E-state index contributed by atoms with van der Waals surface area (Å²) in [5.74, 6) is 1.99. The van der Waals surface area contributed by atoms with Gasteiger partial charge in [-0.1, -0.05) is 12.1 Å². The van der Waals surface area contributed by atoms with Crippen molar-refractivity contribution in [2.45, 2.75) is 58.3 Å². The highest BCUT2D eigenvalue weighted by Gasteiger charge is 2.26. The molecule has 0 radical (unpaired) electrons. The summed E-state index contributed by atoms with van der Waals surface area (Å²) >= 11 is 0. The third kappa shape index (κ3) is 6.05. The number of nitrogens with zero attached hydrogens (tertiary/aromatic N) is 2. The van der Waals surface area contributed by atoms with E-state index in [-0.39, 0.29) is 24.1 Å². The maximum Gasteiger partial charge on any atom is 0.219 e. The van der Waals surface area contributed by atoms with Crippen molar-refractivity contribution in [2.24, 2.45) is 11.8 Å². The SMILES string of the molecule is CC(=O)N1CCC(CCC(=O)c2ccc3c(c2)CCN(CC2CC2)CC3)CC1.Cl. The minimum atomic E-state index is 0. The van der Waals surface area contributed by atoms with Crippen LogP contribution in [-0.2, 0) is 17.6 Å². The van der Waals surface area contributed by atoms with Crippen LogP contribution in [0.25, 0.3) is 0 Å². The zero-order valence-corrected chi connectivity index (χ0v) is 18.5. The Bertz CT molecular complexity index is 724. The summed E-state index contributed by atoms with van der Waals surface area (Å²) in [4.78, 5) is 28.8. The van der Waals surface area contributed by atoms with Gasteiger partial charge in [0.15, 0.2) is 5.78 Å². The highest BCUT2D eigenvalue weighted by Crippen LogP contribution is 2.30. The zero-order valence-electron chi connectivity index (χ0n) is 17.7. The first-order valence-corrected chi connectivity index (χ1v) is 11.2. The highest BCUT2D eigenvalue weighted by atomic mass is 35.5. The van der Waals surface area contributed by atoms with Crippen LogP contribution in [0, 0.1) is 11.8 Å². The van der Waals surface area contributed by atoms with Gasteiger partial charge in [0.25, 0.3) is 0 Å². The van der Waals surface area contributed by atoms with Crippen molar-refractivity contribution >= 4 is 24.1 Å². The second-order valence-electron chi connectivity index (χ2n) is 9.14. The lowest BCUT2D eigenvalue weighted by atomic mass is 9.89. The van der Waals surface area contributed by atoms with Crippen LogP contribution < -0.4 is 0 Å². The molecule has 0 aromatic heterocycles. The molecule has 2 fully saturated rings. The van der Waals surface area contributed by atoms with Gasteiger partial charge in [-0.2, -0.15) is 0 Å². The molecule has 0 bridgehead atoms. The van der Waals surface area contributed by atoms with Crippen LogP contribution in [0.15, 0.2) is 18.2 Å². The number of rotatable bonds is 6. The molecule has 0 unspecified atom stereocenters. The fourth-order valence-electron chi connectivity index (χ4n) is 4.81. The van der Waals surface area contributed by atoms with E-state index in [0.717, 1.165) is 69.8 Å². The molecule has 4 rings (SSSR count). The lowest BCUT2D eigenvalue weighted by molar-refractivity contribution is -0.130. The van der Waals surface area contributed by atoms with Gasteiger partial charge in [-0.15, -0.1) is 12.4 Å². The van der Waals surface area contributed by atoms with Crippen LogP contribution in [0.4, 0.5) is 0 Å². The summed E-state index contributed by atoms with van der Waals surface area (Å²) in [6, 6.07) is 6.43. The topological polar surface area (TPSA) is 40.6 Å². The number of hydrogen-bond donors (Lipinski definition) is 0. The Morgan fingerprint density at radius 1 is 0.931 bits per heavy atom. The fraction of sp³-hybridized carbons (Fsp3) is 0.667. The fourth-order valence-corrected chi connectivity index (χ4v) is 4.81. The van der Waals surface area contributed by atoms with E-state index in [0.29, 0.717) is 12.3 Å². The molecule has 1 saturated carbocycles. The molecular formula is C24H35ClN2O2. The van der Waals surface area contributed by atoms with Crippen molar-refractivity contribution in [1.82, 2.24) is 9.80 Å². The standard InChI is InChI=1S/C24H34N2O2.ClH/c1-18(27)26-14-8-19(9-15-26)4-7-24(28)23-6-5-21-10-12-25(17-20-2-3-20)13-11-22(21)16-23;/h5-6,16,19-20H,2-4,7-15,17H2,1H3;1H. The van der Waals surface area contributed by atoms with Gasteiger partial charge in [0.2, 0.25) is 5.91 Å². The monoisotopic (exact) mass is 418 g/mol. The van der Waals surface area contributed by atoms with Crippen LogP contribution in [-0.4, -0.2) is 54.2 Å². The Morgan fingerprint density at radius 2 is 1.62 bits per heavy atom. The van der Waals surface area contributed by atoms with E-state index in [1.165, 1.54) is 30.5 Å². The third-order valence-corrected chi connectivity index (χ3v) is 6.98. The predicted octanol–water partition coefficient (Wildman–Crippen LogP) is 4.14. The first-order chi connectivity index (χ1) is 13.6. The quantitative estimate of drug-likeness (QED) is 0.652. The number of likely N-dealkylation sites (tertiary alicyclic amines) is 1. The maximum atomic E-state index is 12.8. The average Bonchev–Trinajstić information content (AvgIpc) is 3.54. The number of hydrogen-bond acceptors (Lipinski definition) is 3. The van der Waals surface area contributed by atoms with E-state index in [9.17, 15) is 9.59 Å². The first-order valence-electron chi connectivity index (χ1n) is 11.2. The van der Waals surface area contributed by atoms with E-state index in [1.807, 2.05) is 4.90 Å². The van der Waals surface area contributed by atoms with Gasteiger partial charge in [0.1, 0.15) is 0 Å². The largest absolute Gasteiger partial charge is 0.343 e. The molecule has 4 nitrogen and oxygen atoms in total. The van der Waals surface area contributed by atoms with Gasteiger partial charge in [0.05, 0.1) is 0 Å². The number of halogens is 1. The summed E-state index contributed by atoms with van der Waals surface area (Å²) in [7, 11) is 0. The number of ketones is 1. The van der Waals surface area contributed by atoms with Crippen molar-refractivity contribution in [3.05, 3.63) is 34.9 Å². The van der Waals surface area contributed by atoms with E-state index in [1.54, 1.807) is 6.92 Å². The van der Waals surface area contributed by atoms with Crippen molar-refractivity contribution in [3.8, 4) is 0 Å². The zero-order chi connectivity index (χ0) is 19.5. The number of carbonyl (C=O) groups excluding carboxylic acids is 2. The number of piperidine rings is 1. The minimum absolute atomic E-state index is 0. The van der Waals surface area contributed by atoms with E-state index >= 15 is 0 Å². The number of fused-ring (bicyclic) bond motifs is 1. The van der Waals surface area contributed by atoms with Gasteiger partial charge in [-0.3, -0.25) is 9.59 Å². The highest BCUT2D eigenvalue weighted by molar-refractivity contribution is 5.96. The Kier molecular flexibility index (Phi) is 7.75. The van der Waals surface area contributed by atoms with Crippen molar-refractivity contribution in [2.75, 3.05) is 32.7 Å². The molecule has 0 N–H and O–H groups in total. The summed E-state index contributed by atoms with van der Waals surface area (Å²) < 4.78 is 0. The van der Waals surface area contributed by atoms with Crippen molar-refractivity contribution in [1.29, 1.82) is 0 Å². The number of carbonyl (C=O) groups is 2. The molecule has 2 aliphatic heterocycles. The molecule has 0 atom stereocenters. The van der Waals surface area contributed by atoms with Crippen LogP contribution in [0.5, 0.6) is 0 Å². The molecule has 0 spiro atoms. The lowest BCUT2D eigenvalue weighted by Gasteiger charge is -2.31. The van der Waals surface area contributed by atoms with Gasteiger partial charge in [-0.05, 0) is 74.0 Å². The van der Waals surface area contributed by atoms with Crippen LogP contribution in [0.3, 0.4) is 0 Å². The molecule has 1 aromatic rings. The summed E-state index contributed by atoms with van der Waals surface area (Å²) in [6.07, 6.45) is 8.68. The van der Waals surface area contributed by atoms with Crippen molar-refractivity contribution in [3.63, 3.8) is 0 Å². The van der Waals surface area contributed by atoms with Crippen LogP contribution in [0.2, 0.25) is 0 Å². The third-order valence-electron chi connectivity index (χ3n) is 6.98. The van der Waals surface area contributed by atoms with Crippen molar-refractivity contribution < 1.29 is 9.59 Å². The van der Waals surface area contributed by atoms with Gasteiger partial charge < -0.3 is 9.80 Å². The molecule has 5 heteroatoms. The van der Waals surface area contributed by atoms with Gasteiger partial charge in [-0.25, -0.2) is 0 Å². The minimum Gasteiger partial charge on any atom is -0.343 e. The second-order valence-corrected chi connectivity index (χ2v) is 9.14. The molecule has 29 heavy (non-hydrogen) atoms. The molecule has 1 aliphatic carbocycles. The van der Waals surface area contributed by atoms with E-state index in [2.05, 4.69) is 23.1 Å². The van der Waals surface area contributed by atoms with Crippen LogP contribution in [0.1, 0.15) is 66.9 Å². The van der Waals surface area contributed by atoms with Gasteiger partial charge >= 0.3 is 0 Å². The van der Waals surface area contributed by atoms with E-state index in [4.69, 9.17) is 0 Å². The predicted molar refractivity (Wildman–Crippen MR) is 119 cm³/mol. The Hall–Kier alpha value is -1.39. The summed E-state index contributed by atoms with van der Waals surface area (Å²) in [6.45, 7) is 6.91. The molecule has 1 aromatic carbocycles. The first kappa shape index (κ1) is 22.3. The molecule has 160 valence electrons. The Morgan fingerprint density at radius 3 is 2.28 bits per heavy atom. The number of amides is 1. The second kappa shape index (κ2) is 10.1. The number of Topliss-reactive ketones (excluding diaryl/α,β-unsaturated/α-hetero) is 1.